The average molecular weight is 433 g/mol. The number of imide groups is 2. The molecule has 0 unspecified atom stereocenters. The van der Waals surface area contributed by atoms with Crippen LogP contribution in [-0.4, -0.2) is 17.8 Å². The van der Waals surface area contributed by atoms with E-state index in [1.54, 1.807) is 24.3 Å². The number of anilines is 1. The zero-order valence-electron chi connectivity index (χ0n) is 17.3. The molecule has 31 heavy (non-hydrogen) atoms. The van der Waals surface area contributed by atoms with Crippen molar-refractivity contribution in [3.8, 4) is 0 Å². The molecule has 1 saturated heterocycles. The Kier molecular flexibility index (Phi) is 5.52. The van der Waals surface area contributed by atoms with Crippen molar-refractivity contribution in [1.82, 2.24) is 5.32 Å². The molecule has 4 rings (SSSR count). The van der Waals surface area contributed by atoms with Crippen molar-refractivity contribution in [2.45, 2.75) is 30.8 Å². The van der Waals surface area contributed by atoms with Gasteiger partial charge in [-0.3, -0.25) is 14.9 Å². The van der Waals surface area contributed by atoms with Gasteiger partial charge in [-0.1, -0.05) is 41.6 Å². The number of rotatable bonds is 4. The van der Waals surface area contributed by atoms with E-state index in [1.165, 1.54) is 23.4 Å². The number of furan rings is 1. The van der Waals surface area contributed by atoms with Crippen LogP contribution in [0.4, 0.5) is 10.5 Å². The maximum absolute atomic E-state index is 13.1. The molecule has 0 atom stereocenters. The number of hydrogen-bond donors (Lipinski definition) is 1. The van der Waals surface area contributed by atoms with Gasteiger partial charge in [0, 0.05) is 4.90 Å². The molecule has 0 saturated carbocycles. The Morgan fingerprint density at radius 1 is 0.935 bits per heavy atom. The third-order valence-electron chi connectivity index (χ3n) is 5.05. The van der Waals surface area contributed by atoms with E-state index in [-0.39, 0.29) is 5.57 Å². The lowest BCUT2D eigenvalue weighted by molar-refractivity contribution is -0.122. The molecule has 156 valence electrons. The number of aryl methyl sites for hydroxylation is 2. The first-order valence-electron chi connectivity index (χ1n) is 9.65. The Labute approximate surface area is 183 Å². The summed E-state index contributed by atoms with van der Waals surface area (Å²) in [5.74, 6) is -1.09. The number of barbiturate groups is 1. The Hall–Kier alpha value is -3.58. The van der Waals surface area contributed by atoms with Crippen molar-refractivity contribution in [1.29, 1.82) is 0 Å². The summed E-state index contributed by atoms with van der Waals surface area (Å²) in [7, 11) is 0. The monoisotopic (exact) mass is 432 g/mol. The second-order valence-corrected chi connectivity index (χ2v) is 8.33. The average Bonchev–Trinajstić information content (AvgIpc) is 3.17. The molecular formula is C24H20N2O4S. The molecule has 1 aromatic heterocycles. The third kappa shape index (κ3) is 4.18. The molecule has 1 fully saturated rings. The quantitative estimate of drug-likeness (QED) is 0.462. The van der Waals surface area contributed by atoms with Crippen molar-refractivity contribution in [3.05, 3.63) is 82.6 Å². The van der Waals surface area contributed by atoms with E-state index < -0.39 is 17.8 Å². The maximum atomic E-state index is 13.1. The Bertz CT molecular complexity index is 1220. The van der Waals surface area contributed by atoms with E-state index in [1.807, 2.05) is 51.1 Å². The number of carbonyl (C=O) groups excluding carboxylic acids is 3. The summed E-state index contributed by atoms with van der Waals surface area (Å²) in [6, 6.07) is 16.0. The lowest BCUT2D eigenvalue weighted by atomic mass is 10.0. The van der Waals surface area contributed by atoms with Crippen molar-refractivity contribution >= 4 is 41.4 Å². The Balaban J connectivity index is 1.62. The fourth-order valence-corrected chi connectivity index (χ4v) is 3.96. The van der Waals surface area contributed by atoms with Gasteiger partial charge in [0.25, 0.3) is 11.8 Å². The van der Waals surface area contributed by atoms with Crippen molar-refractivity contribution in [3.63, 3.8) is 0 Å². The van der Waals surface area contributed by atoms with Crippen LogP contribution < -0.4 is 10.2 Å². The fourth-order valence-electron chi connectivity index (χ4n) is 3.19. The topological polar surface area (TPSA) is 79.6 Å². The van der Waals surface area contributed by atoms with Crippen LogP contribution in [0.15, 0.2) is 74.6 Å². The predicted octanol–water partition coefficient (Wildman–Crippen LogP) is 5.02. The molecular weight excluding hydrogens is 412 g/mol. The van der Waals surface area contributed by atoms with Crippen molar-refractivity contribution in [2.24, 2.45) is 0 Å². The van der Waals surface area contributed by atoms with Gasteiger partial charge in [0.2, 0.25) is 0 Å². The second-order valence-electron chi connectivity index (χ2n) is 7.25. The van der Waals surface area contributed by atoms with Crippen LogP contribution in [0.3, 0.4) is 0 Å². The van der Waals surface area contributed by atoms with Crippen LogP contribution in [-0.2, 0) is 9.59 Å². The normalized spacial score (nSPS) is 15.5. The lowest BCUT2D eigenvalue weighted by Gasteiger charge is -2.27. The lowest BCUT2D eigenvalue weighted by Crippen LogP contribution is -2.54. The van der Waals surface area contributed by atoms with Gasteiger partial charge in [0.15, 0.2) is 5.09 Å². The summed E-state index contributed by atoms with van der Waals surface area (Å²) < 4.78 is 5.78. The predicted molar refractivity (Wildman–Crippen MR) is 119 cm³/mol. The van der Waals surface area contributed by atoms with Crippen LogP contribution >= 0.6 is 11.8 Å². The minimum Gasteiger partial charge on any atom is -0.450 e. The molecule has 2 aromatic carbocycles. The summed E-state index contributed by atoms with van der Waals surface area (Å²) in [5.41, 5.74) is 3.16. The first-order chi connectivity index (χ1) is 14.8. The minimum atomic E-state index is -0.768. The van der Waals surface area contributed by atoms with Crippen LogP contribution in [0.2, 0.25) is 0 Å². The number of nitrogens with one attached hydrogen (secondary N) is 1. The summed E-state index contributed by atoms with van der Waals surface area (Å²) >= 11 is 1.44. The van der Waals surface area contributed by atoms with E-state index in [4.69, 9.17) is 4.42 Å². The highest BCUT2D eigenvalue weighted by atomic mass is 32.2. The summed E-state index contributed by atoms with van der Waals surface area (Å²) in [5, 5.41) is 2.87. The van der Waals surface area contributed by atoms with Gasteiger partial charge < -0.3 is 4.42 Å². The van der Waals surface area contributed by atoms with Gasteiger partial charge in [0.1, 0.15) is 11.3 Å². The third-order valence-corrected chi connectivity index (χ3v) is 5.98. The van der Waals surface area contributed by atoms with Gasteiger partial charge in [-0.25, -0.2) is 9.69 Å². The number of nitrogens with zero attached hydrogens (tertiary/aromatic N) is 1. The van der Waals surface area contributed by atoms with E-state index >= 15 is 0 Å². The molecule has 1 aliphatic rings. The summed E-state index contributed by atoms with van der Waals surface area (Å²) in [6.07, 6.45) is 1.36. The van der Waals surface area contributed by atoms with E-state index in [0.29, 0.717) is 16.5 Å². The second kappa shape index (κ2) is 8.28. The summed E-state index contributed by atoms with van der Waals surface area (Å²) in [4.78, 5) is 39.9. The molecule has 6 nitrogen and oxygen atoms in total. The van der Waals surface area contributed by atoms with E-state index in [0.717, 1.165) is 20.9 Å². The molecule has 2 heterocycles. The van der Waals surface area contributed by atoms with Crippen LogP contribution in [0.1, 0.15) is 22.5 Å². The molecule has 7 heteroatoms. The molecule has 3 aromatic rings. The number of hydrogen-bond acceptors (Lipinski definition) is 5. The first-order valence-corrected chi connectivity index (χ1v) is 10.5. The zero-order valence-corrected chi connectivity index (χ0v) is 18.1. The van der Waals surface area contributed by atoms with E-state index in [9.17, 15) is 14.4 Å². The Morgan fingerprint density at radius 3 is 2.42 bits per heavy atom. The molecule has 1 N–H and O–H groups in total. The highest BCUT2D eigenvalue weighted by Crippen LogP contribution is 2.31. The van der Waals surface area contributed by atoms with Gasteiger partial charge in [0.05, 0.1) is 5.69 Å². The standard InChI is InChI=1S/C24H20N2O4S/c1-14-7-10-18(11-8-14)31-21-12-9-17(30-21)13-19-22(27)25-24(29)26(23(19)28)20-6-4-5-15(2)16(20)3/h4-13H,1-3H3,(H,25,27,29)/b19-13+. The molecule has 0 aliphatic carbocycles. The van der Waals surface area contributed by atoms with Crippen LogP contribution in [0.5, 0.6) is 0 Å². The van der Waals surface area contributed by atoms with Crippen molar-refractivity contribution < 1.29 is 18.8 Å². The first kappa shape index (κ1) is 20.7. The van der Waals surface area contributed by atoms with Gasteiger partial charge in [-0.15, -0.1) is 0 Å². The number of benzene rings is 2. The van der Waals surface area contributed by atoms with Crippen LogP contribution in [0.25, 0.3) is 6.08 Å². The van der Waals surface area contributed by atoms with Gasteiger partial charge in [-0.05, 0) is 68.3 Å². The maximum Gasteiger partial charge on any atom is 0.335 e. The molecule has 0 bridgehead atoms. The number of carbonyl (C=O) groups is 3. The molecule has 0 spiro atoms. The highest BCUT2D eigenvalue weighted by Gasteiger charge is 2.37. The van der Waals surface area contributed by atoms with Crippen LogP contribution in [0, 0.1) is 20.8 Å². The largest absolute Gasteiger partial charge is 0.450 e. The summed E-state index contributed by atoms with van der Waals surface area (Å²) in [6.45, 7) is 5.74. The SMILES string of the molecule is Cc1ccc(Sc2ccc(/C=C3\C(=O)NC(=O)N(c4cccc(C)c4C)C3=O)o2)cc1. The van der Waals surface area contributed by atoms with Gasteiger partial charge >= 0.3 is 6.03 Å². The zero-order chi connectivity index (χ0) is 22.1. The highest BCUT2D eigenvalue weighted by molar-refractivity contribution is 7.99. The molecule has 1 aliphatic heterocycles. The minimum absolute atomic E-state index is 0.165. The van der Waals surface area contributed by atoms with E-state index in [2.05, 4.69) is 5.32 Å². The molecule has 4 amide bonds. The molecule has 0 radical (unpaired) electrons. The van der Waals surface area contributed by atoms with Gasteiger partial charge in [-0.2, -0.15) is 0 Å². The fraction of sp³-hybridized carbons (Fsp3) is 0.125. The number of urea groups is 1. The Morgan fingerprint density at radius 2 is 1.68 bits per heavy atom. The number of amides is 4. The van der Waals surface area contributed by atoms with Crippen molar-refractivity contribution in [2.75, 3.05) is 4.90 Å². The smallest absolute Gasteiger partial charge is 0.335 e.